The van der Waals surface area contributed by atoms with Crippen molar-refractivity contribution in [2.24, 2.45) is 5.73 Å². The van der Waals surface area contributed by atoms with Gasteiger partial charge in [0.15, 0.2) is 0 Å². The number of ketones is 1. The first-order valence-corrected chi connectivity index (χ1v) is 8.10. The van der Waals surface area contributed by atoms with E-state index in [9.17, 15) is 18.0 Å². The van der Waals surface area contributed by atoms with Gasteiger partial charge in [0.25, 0.3) is 10.1 Å². The van der Waals surface area contributed by atoms with Crippen molar-refractivity contribution in [1.82, 2.24) is 0 Å². The fraction of sp³-hybridized carbons (Fsp3) is 0.385. The highest BCUT2D eigenvalue weighted by molar-refractivity contribution is 7.85. The van der Waals surface area contributed by atoms with Crippen LogP contribution < -0.4 is 5.73 Å². The molecule has 1 atom stereocenters. The number of halogens is 1. The minimum absolute atomic E-state index is 0.0149. The summed E-state index contributed by atoms with van der Waals surface area (Å²) in [5, 5.41) is 8.75. The fourth-order valence-corrected chi connectivity index (χ4v) is 2.64. The molecule has 0 unspecified atom stereocenters. The fourth-order valence-electron chi connectivity index (χ4n) is 1.78. The van der Waals surface area contributed by atoms with E-state index in [0.717, 1.165) is 6.07 Å². The van der Waals surface area contributed by atoms with Crippen LogP contribution in [0.2, 0.25) is 5.02 Å². The second-order valence-corrected chi connectivity index (χ2v) is 6.69. The van der Waals surface area contributed by atoms with Gasteiger partial charge in [-0.05, 0) is 36.6 Å². The van der Waals surface area contributed by atoms with Crippen molar-refractivity contribution in [2.75, 3.05) is 0 Å². The second kappa shape index (κ2) is 7.19. The summed E-state index contributed by atoms with van der Waals surface area (Å²) in [6.07, 6.45) is -0.194. The number of carbonyl (C=O) groups excluding carboxylic acids is 1. The SMILES string of the molecule is Cc1c(Cl)cc(S(=O)(=O)O)cc1CC(=O)CC[C@H](N)C(=O)O. The smallest absolute Gasteiger partial charge is 0.320 e. The summed E-state index contributed by atoms with van der Waals surface area (Å²) in [6, 6.07) is 1.14. The van der Waals surface area contributed by atoms with E-state index >= 15 is 0 Å². The lowest BCUT2D eigenvalue weighted by atomic mass is 10.00. The van der Waals surface area contributed by atoms with E-state index in [4.69, 9.17) is 27.0 Å². The number of carbonyl (C=O) groups is 2. The molecule has 0 aliphatic heterocycles. The van der Waals surface area contributed by atoms with E-state index in [1.165, 1.54) is 6.07 Å². The lowest BCUT2D eigenvalue weighted by molar-refractivity contribution is -0.138. The normalized spacial score (nSPS) is 12.9. The average molecular weight is 350 g/mol. The van der Waals surface area contributed by atoms with Crippen molar-refractivity contribution in [3.63, 3.8) is 0 Å². The zero-order valence-corrected chi connectivity index (χ0v) is 13.3. The van der Waals surface area contributed by atoms with Crippen molar-refractivity contribution >= 4 is 33.5 Å². The van der Waals surface area contributed by atoms with Gasteiger partial charge in [-0.15, -0.1) is 0 Å². The Hall–Kier alpha value is -1.48. The highest BCUT2D eigenvalue weighted by atomic mass is 35.5. The number of hydrogen-bond acceptors (Lipinski definition) is 5. The lowest BCUT2D eigenvalue weighted by Crippen LogP contribution is -2.30. The van der Waals surface area contributed by atoms with Crippen molar-refractivity contribution in [2.45, 2.75) is 37.1 Å². The van der Waals surface area contributed by atoms with Crippen LogP contribution in [0, 0.1) is 6.92 Å². The molecule has 0 heterocycles. The van der Waals surface area contributed by atoms with Crippen LogP contribution in [0.3, 0.4) is 0 Å². The predicted octanol–water partition coefficient (Wildman–Crippen LogP) is 1.20. The maximum Gasteiger partial charge on any atom is 0.320 e. The Morgan fingerprint density at radius 2 is 1.95 bits per heavy atom. The summed E-state index contributed by atoms with van der Waals surface area (Å²) in [5.74, 6) is -1.50. The number of carboxylic acids is 1. The third-order valence-corrected chi connectivity index (χ3v) is 4.39. The summed E-state index contributed by atoms with van der Waals surface area (Å²) in [5.41, 5.74) is 6.18. The first-order valence-electron chi connectivity index (χ1n) is 6.29. The van der Waals surface area contributed by atoms with Gasteiger partial charge in [0.2, 0.25) is 0 Å². The quantitative estimate of drug-likeness (QED) is 0.629. The molecule has 0 saturated heterocycles. The van der Waals surface area contributed by atoms with Gasteiger partial charge in [0, 0.05) is 17.9 Å². The number of aliphatic carboxylic acids is 1. The molecule has 0 aliphatic carbocycles. The molecule has 9 heteroatoms. The molecule has 122 valence electrons. The van der Waals surface area contributed by atoms with Gasteiger partial charge in [0.05, 0.1) is 4.90 Å². The molecular weight excluding hydrogens is 334 g/mol. The van der Waals surface area contributed by atoms with Crippen LogP contribution in [0.25, 0.3) is 0 Å². The second-order valence-electron chi connectivity index (χ2n) is 4.86. The standard InChI is InChI=1S/C13H16ClNO6S/c1-7-8(4-9(16)2-3-12(15)13(17)18)5-10(6-11(7)14)22(19,20)21/h5-6,12H,2-4,15H2,1H3,(H,17,18)(H,19,20,21)/t12-/m0/s1. The van der Waals surface area contributed by atoms with Crippen molar-refractivity contribution in [1.29, 1.82) is 0 Å². The molecular formula is C13H16ClNO6S. The average Bonchev–Trinajstić information content (AvgIpc) is 2.39. The van der Waals surface area contributed by atoms with Gasteiger partial charge in [-0.25, -0.2) is 0 Å². The number of carboxylic acid groups (broad SMARTS) is 1. The monoisotopic (exact) mass is 349 g/mol. The number of rotatable bonds is 7. The number of nitrogens with two attached hydrogens (primary N) is 1. The van der Waals surface area contributed by atoms with Crippen LogP contribution in [0.4, 0.5) is 0 Å². The molecule has 0 bridgehead atoms. The third kappa shape index (κ3) is 5.06. The Kier molecular flexibility index (Phi) is 6.07. The lowest BCUT2D eigenvalue weighted by Gasteiger charge is -2.10. The molecule has 0 aliphatic rings. The van der Waals surface area contributed by atoms with Crippen LogP contribution >= 0.6 is 11.6 Å². The van der Waals surface area contributed by atoms with Gasteiger partial charge >= 0.3 is 5.97 Å². The Bertz CT molecular complexity index is 701. The molecule has 0 spiro atoms. The van der Waals surface area contributed by atoms with Gasteiger partial charge in [-0.1, -0.05) is 11.6 Å². The van der Waals surface area contributed by atoms with Gasteiger partial charge in [-0.3, -0.25) is 14.1 Å². The molecule has 4 N–H and O–H groups in total. The zero-order valence-electron chi connectivity index (χ0n) is 11.7. The molecule has 7 nitrogen and oxygen atoms in total. The summed E-state index contributed by atoms with van der Waals surface area (Å²) in [4.78, 5) is 22.0. The molecule has 0 fully saturated rings. The first-order chi connectivity index (χ1) is 10.0. The van der Waals surface area contributed by atoms with Crippen LogP contribution in [-0.4, -0.2) is 35.9 Å². The Morgan fingerprint density at radius 3 is 2.45 bits per heavy atom. The van der Waals surface area contributed by atoms with Crippen LogP contribution in [0.15, 0.2) is 17.0 Å². The third-order valence-electron chi connectivity index (χ3n) is 3.16. The van der Waals surface area contributed by atoms with E-state index in [2.05, 4.69) is 0 Å². The van der Waals surface area contributed by atoms with E-state index in [1.807, 2.05) is 0 Å². The summed E-state index contributed by atoms with van der Waals surface area (Å²) in [6.45, 7) is 1.61. The minimum Gasteiger partial charge on any atom is -0.480 e. The number of Topliss-reactive ketones (excluding diaryl/α,β-unsaturated/α-hetero) is 1. The van der Waals surface area contributed by atoms with Gasteiger partial charge in [0.1, 0.15) is 11.8 Å². The van der Waals surface area contributed by atoms with E-state index in [0.29, 0.717) is 11.1 Å². The van der Waals surface area contributed by atoms with Crippen molar-refractivity contribution < 1.29 is 27.7 Å². The maximum atomic E-state index is 11.9. The summed E-state index contributed by atoms with van der Waals surface area (Å²) >= 11 is 5.89. The van der Waals surface area contributed by atoms with Crippen LogP contribution in [0.5, 0.6) is 0 Å². The van der Waals surface area contributed by atoms with Crippen molar-refractivity contribution in [3.8, 4) is 0 Å². The number of hydrogen-bond donors (Lipinski definition) is 3. The molecule has 1 rings (SSSR count). The Morgan fingerprint density at radius 1 is 1.36 bits per heavy atom. The zero-order chi connectivity index (χ0) is 17.1. The Labute approximate surface area is 132 Å². The molecule has 0 saturated carbocycles. The largest absolute Gasteiger partial charge is 0.480 e. The van der Waals surface area contributed by atoms with E-state index < -0.39 is 27.0 Å². The van der Waals surface area contributed by atoms with E-state index in [1.54, 1.807) is 6.92 Å². The molecule has 0 amide bonds. The molecule has 1 aromatic carbocycles. The minimum atomic E-state index is -4.43. The summed E-state index contributed by atoms with van der Waals surface area (Å²) < 4.78 is 31.4. The highest BCUT2D eigenvalue weighted by Crippen LogP contribution is 2.25. The maximum absolute atomic E-state index is 11.9. The van der Waals surface area contributed by atoms with Crippen LogP contribution in [-0.2, 0) is 26.1 Å². The molecule has 0 aromatic heterocycles. The van der Waals surface area contributed by atoms with Crippen molar-refractivity contribution in [3.05, 3.63) is 28.3 Å². The molecule has 1 aromatic rings. The first kappa shape index (κ1) is 18.6. The summed E-state index contributed by atoms with van der Waals surface area (Å²) in [7, 11) is -4.43. The Balaban J connectivity index is 2.91. The number of benzene rings is 1. The van der Waals surface area contributed by atoms with E-state index in [-0.39, 0.29) is 30.1 Å². The van der Waals surface area contributed by atoms with Gasteiger partial charge < -0.3 is 10.8 Å². The van der Waals surface area contributed by atoms with Crippen LogP contribution in [0.1, 0.15) is 24.0 Å². The topological polar surface area (TPSA) is 135 Å². The predicted molar refractivity (Wildman–Crippen MR) is 79.6 cm³/mol. The van der Waals surface area contributed by atoms with Gasteiger partial charge in [-0.2, -0.15) is 8.42 Å². The molecule has 22 heavy (non-hydrogen) atoms. The molecule has 0 radical (unpaired) electrons. The highest BCUT2D eigenvalue weighted by Gasteiger charge is 2.18.